The van der Waals surface area contributed by atoms with Crippen LogP contribution in [-0.2, 0) is 17.8 Å². The smallest absolute Gasteiger partial charge is 0.303 e. The molecular weight excluding hydrogens is 416 g/mol. The number of aliphatic imine (C=N–C) groups is 1. The summed E-state index contributed by atoms with van der Waals surface area (Å²) in [4.78, 5) is 28.6. The summed E-state index contributed by atoms with van der Waals surface area (Å²) in [6.07, 6.45) is 4.62. The average Bonchev–Trinajstić information content (AvgIpc) is 3.01. The van der Waals surface area contributed by atoms with Crippen molar-refractivity contribution < 1.29 is 14.7 Å². The number of benzene rings is 2. The van der Waals surface area contributed by atoms with E-state index in [0.29, 0.717) is 25.1 Å². The topological polar surface area (TPSA) is 103 Å². The van der Waals surface area contributed by atoms with Gasteiger partial charge in [-0.2, -0.15) is 0 Å². The summed E-state index contributed by atoms with van der Waals surface area (Å²) in [5, 5.41) is 18.9. The molecule has 1 aliphatic carbocycles. The van der Waals surface area contributed by atoms with E-state index in [9.17, 15) is 14.7 Å². The highest BCUT2D eigenvalue weighted by Gasteiger charge is 2.22. The summed E-state index contributed by atoms with van der Waals surface area (Å²) in [6.45, 7) is 2.74. The van der Waals surface area contributed by atoms with Crippen LogP contribution in [0.5, 0.6) is 0 Å². The lowest BCUT2D eigenvalue weighted by molar-refractivity contribution is -0.137. The summed E-state index contributed by atoms with van der Waals surface area (Å²) in [5.74, 6) is -0.231. The second-order valence-corrected chi connectivity index (χ2v) is 8.51. The van der Waals surface area contributed by atoms with Crippen LogP contribution in [0.1, 0.15) is 52.2 Å². The lowest BCUT2D eigenvalue weighted by atomic mass is 9.88. The van der Waals surface area contributed by atoms with Crippen LogP contribution in [0.2, 0.25) is 0 Å². The molecule has 1 unspecified atom stereocenters. The van der Waals surface area contributed by atoms with Crippen LogP contribution in [0, 0.1) is 0 Å². The number of carboxylic acids is 1. The van der Waals surface area contributed by atoms with Gasteiger partial charge in [0.05, 0.1) is 6.42 Å². The molecule has 33 heavy (non-hydrogen) atoms. The number of nitrogens with zero attached hydrogens (tertiary/aromatic N) is 1. The van der Waals surface area contributed by atoms with Crippen molar-refractivity contribution in [2.24, 2.45) is 4.99 Å². The van der Waals surface area contributed by atoms with Gasteiger partial charge in [-0.05, 0) is 54.0 Å². The SMILES string of the molecule is O=C(O)CC1CC(CNC(=O)c2cccc(CNC3=NCCCN3)c2)=CCc2ccccc21. The maximum atomic E-state index is 12.8. The van der Waals surface area contributed by atoms with E-state index in [1.54, 1.807) is 6.07 Å². The summed E-state index contributed by atoms with van der Waals surface area (Å²) in [6, 6.07) is 15.6. The normalized spacial score (nSPS) is 17.5. The predicted molar refractivity (Wildman–Crippen MR) is 128 cm³/mol. The Hall–Kier alpha value is -3.61. The highest BCUT2D eigenvalue weighted by atomic mass is 16.4. The molecule has 0 aromatic heterocycles. The number of hydrogen-bond donors (Lipinski definition) is 4. The predicted octanol–water partition coefficient (Wildman–Crippen LogP) is 2.99. The summed E-state index contributed by atoms with van der Waals surface area (Å²) in [5.41, 5.74) is 4.91. The summed E-state index contributed by atoms with van der Waals surface area (Å²) >= 11 is 0. The molecule has 0 saturated heterocycles. The molecule has 172 valence electrons. The van der Waals surface area contributed by atoms with E-state index in [4.69, 9.17) is 0 Å². The Morgan fingerprint density at radius 3 is 2.82 bits per heavy atom. The van der Waals surface area contributed by atoms with E-state index in [1.165, 1.54) is 0 Å². The van der Waals surface area contributed by atoms with Gasteiger partial charge in [-0.15, -0.1) is 0 Å². The molecule has 1 aliphatic heterocycles. The molecule has 0 spiro atoms. The number of amides is 1. The largest absolute Gasteiger partial charge is 0.481 e. The third-order valence-corrected chi connectivity index (χ3v) is 6.06. The Labute approximate surface area is 194 Å². The van der Waals surface area contributed by atoms with Gasteiger partial charge in [0.2, 0.25) is 0 Å². The van der Waals surface area contributed by atoms with Crippen LogP contribution in [0.3, 0.4) is 0 Å². The number of aliphatic carboxylic acids is 1. The standard InChI is InChI=1S/C26H30N4O3/c31-24(32)15-22-14-19(9-10-20-6-1-2-8-23(20)22)16-29-25(33)21-7-3-5-18(13-21)17-30-26-27-11-4-12-28-26/h1-3,5-9,13,22H,4,10-12,14-17H2,(H,29,33)(H,31,32)(H2,27,28,30). The number of fused-ring (bicyclic) bond motifs is 1. The third-order valence-electron chi connectivity index (χ3n) is 6.06. The van der Waals surface area contributed by atoms with Crippen molar-refractivity contribution in [3.63, 3.8) is 0 Å². The molecular formula is C26H30N4O3. The molecule has 7 heteroatoms. The number of carboxylic acid groups (broad SMARTS) is 1. The first-order valence-corrected chi connectivity index (χ1v) is 11.5. The molecule has 2 aliphatic rings. The first-order chi connectivity index (χ1) is 16.1. The van der Waals surface area contributed by atoms with Crippen LogP contribution >= 0.6 is 0 Å². The van der Waals surface area contributed by atoms with E-state index in [-0.39, 0.29) is 18.2 Å². The van der Waals surface area contributed by atoms with Gasteiger partial charge in [-0.1, -0.05) is 48.0 Å². The van der Waals surface area contributed by atoms with Crippen LogP contribution in [-0.4, -0.2) is 42.6 Å². The van der Waals surface area contributed by atoms with Crippen molar-refractivity contribution in [2.45, 2.75) is 38.1 Å². The van der Waals surface area contributed by atoms with Gasteiger partial charge in [-0.25, -0.2) is 0 Å². The van der Waals surface area contributed by atoms with E-state index in [2.05, 4.69) is 33.1 Å². The van der Waals surface area contributed by atoms with Crippen molar-refractivity contribution in [3.8, 4) is 0 Å². The minimum atomic E-state index is -0.806. The number of guanidine groups is 1. The first kappa shape index (κ1) is 22.6. The van der Waals surface area contributed by atoms with Crippen molar-refractivity contribution >= 4 is 17.8 Å². The number of carbonyl (C=O) groups is 2. The van der Waals surface area contributed by atoms with Gasteiger partial charge in [0, 0.05) is 31.7 Å². The molecule has 1 heterocycles. The highest BCUT2D eigenvalue weighted by Crippen LogP contribution is 2.33. The second-order valence-electron chi connectivity index (χ2n) is 8.51. The Balaban J connectivity index is 1.36. The summed E-state index contributed by atoms with van der Waals surface area (Å²) in [7, 11) is 0. The van der Waals surface area contributed by atoms with Crippen molar-refractivity contribution in [3.05, 3.63) is 82.4 Å². The highest BCUT2D eigenvalue weighted by molar-refractivity contribution is 5.94. The van der Waals surface area contributed by atoms with Gasteiger partial charge in [0.25, 0.3) is 5.91 Å². The van der Waals surface area contributed by atoms with Crippen molar-refractivity contribution in [2.75, 3.05) is 19.6 Å². The molecule has 1 amide bonds. The second kappa shape index (κ2) is 10.8. The molecule has 7 nitrogen and oxygen atoms in total. The Morgan fingerprint density at radius 1 is 1.12 bits per heavy atom. The van der Waals surface area contributed by atoms with E-state index >= 15 is 0 Å². The quantitative estimate of drug-likeness (QED) is 0.490. The van der Waals surface area contributed by atoms with E-state index < -0.39 is 5.97 Å². The molecule has 0 bridgehead atoms. The number of allylic oxidation sites excluding steroid dienone is 1. The number of hydrogen-bond acceptors (Lipinski definition) is 5. The zero-order valence-electron chi connectivity index (χ0n) is 18.6. The fraction of sp³-hybridized carbons (Fsp3) is 0.346. The lowest BCUT2D eigenvalue weighted by Gasteiger charge is -2.18. The molecule has 0 saturated carbocycles. The number of rotatable bonds is 7. The molecule has 0 radical (unpaired) electrons. The van der Waals surface area contributed by atoms with Crippen molar-refractivity contribution in [1.82, 2.24) is 16.0 Å². The van der Waals surface area contributed by atoms with Crippen LogP contribution < -0.4 is 16.0 Å². The fourth-order valence-electron chi connectivity index (χ4n) is 4.37. The summed E-state index contributed by atoms with van der Waals surface area (Å²) < 4.78 is 0. The van der Waals surface area contributed by atoms with Gasteiger partial charge in [-0.3, -0.25) is 14.6 Å². The first-order valence-electron chi connectivity index (χ1n) is 11.5. The Kier molecular flexibility index (Phi) is 7.40. The maximum absolute atomic E-state index is 12.8. The monoisotopic (exact) mass is 446 g/mol. The molecule has 2 aromatic rings. The van der Waals surface area contributed by atoms with Gasteiger partial charge in [0.1, 0.15) is 0 Å². The van der Waals surface area contributed by atoms with Crippen LogP contribution in [0.15, 0.2) is 65.2 Å². The minimum absolute atomic E-state index is 0.0808. The van der Waals surface area contributed by atoms with Gasteiger partial charge >= 0.3 is 5.97 Å². The average molecular weight is 447 g/mol. The molecule has 1 atom stereocenters. The Morgan fingerprint density at radius 2 is 2.00 bits per heavy atom. The molecule has 0 fully saturated rings. The minimum Gasteiger partial charge on any atom is -0.481 e. The zero-order valence-corrected chi connectivity index (χ0v) is 18.6. The van der Waals surface area contributed by atoms with E-state index in [0.717, 1.165) is 54.2 Å². The van der Waals surface area contributed by atoms with Gasteiger partial charge in [0.15, 0.2) is 5.96 Å². The third kappa shape index (κ3) is 6.22. The number of nitrogens with one attached hydrogen (secondary N) is 3. The van der Waals surface area contributed by atoms with Crippen molar-refractivity contribution in [1.29, 1.82) is 0 Å². The maximum Gasteiger partial charge on any atom is 0.303 e. The molecule has 4 rings (SSSR count). The fourth-order valence-corrected chi connectivity index (χ4v) is 4.37. The number of carbonyl (C=O) groups excluding carboxylic acids is 1. The molecule has 4 N–H and O–H groups in total. The van der Waals surface area contributed by atoms with Crippen LogP contribution in [0.25, 0.3) is 0 Å². The van der Waals surface area contributed by atoms with Crippen LogP contribution in [0.4, 0.5) is 0 Å². The molecule has 2 aromatic carbocycles. The zero-order chi connectivity index (χ0) is 23.0. The Bertz CT molecular complexity index is 1080. The lowest BCUT2D eigenvalue weighted by Crippen LogP contribution is -2.40. The van der Waals surface area contributed by atoms with E-state index in [1.807, 2.05) is 36.4 Å². The van der Waals surface area contributed by atoms with Gasteiger partial charge < -0.3 is 21.1 Å².